The van der Waals surface area contributed by atoms with Crippen molar-refractivity contribution >= 4 is 33.2 Å². The Morgan fingerprint density at radius 1 is 1.30 bits per heavy atom. The molecule has 0 heterocycles. The van der Waals surface area contributed by atoms with Gasteiger partial charge in [-0.2, -0.15) is 0 Å². The van der Waals surface area contributed by atoms with Gasteiger partial charge in [0.1, 0.15) is 11.6 Å². The maximum absolute atomic E-state index is 13.3. The molecule has 0 bridgehead atoms. The maximum atomic E-state index is 13.3. The molecule has 0 spiro atoms. The highest BCUT2D eigenvalue weighted by atomic mass is 79.9. The summed E-state index contributed by atoms with van der Waals surface area (Å²) in [5, 5.41) is 2.59. The van der Waals surface area contributed by atoms with Gasteiger partial charge in [0.2, 0.25) is 0 Å². The summed E-state index contributed by atoms with van der Waals surface area (Å²) in [6.45, 7) is 0. The molecule has 0 atom stereocenters. The number of rotatable bonds is 3. The summed E-state index contributed by atoms with van der Waals surface area (Å²) in [6, 6.07) is 9.11. The number of anilines is 2. The van der Waals surface area contributed by atoms with Crippen LogP contribution in [0.3, 0.4) is 0 Å². The van der Waals surface area contributed by atoms with E-state index >= 15 is 0 Å². The van der Waals surface area contributed by atoms with E-state index in [1.54, 1.807) is 18.2 Å². The lowest BCUT2D eigenvalue weighted by atomic mass is 10.2. The van der Waals surface area contributed by atoms with Crippen molar-refractivity contribution in [3.8, 4) is 5.75 Å². The summed E-state index contributed by atoms with van der Waals surface area (Å²) in [5.74, 6) is -0.545. The average Bonchev–Trinajstić information content (AvgIpc) is 2.42. The smallest absolute Gasteiger partial charge is 0.259 e. The minimum Gasteiger partial charge on any atom is -0.496 e. The number of benzene rings is 2. The number of hydrogen-bond acceptors (Lipinski definition) is 3. The Morgan fingerprint density at radius 2 is 2.05 bits per heavy atom. The van der Waals surface area contributed by atoms with E-state index in [1.165, 1.54) is 25.3 Å². The maximum Gasteiger partial charge on any atom is 0.259 e. The minimum atomic E-state index is -0.578. The van der Waals surface area contributed by atoms with E-state index in [4.69, 9.17) is 10.5 Å². The van der Waals surface area contributed by atoms with Gasteiger partial charge in [0.05, 0.1) is 18.4 Å². The van der Waals surface area contributed by atoms with Gasteiger partial charge < -0.3 is 15.8 Å². The third-order valence-electron chi connectivity index (χ3n) is 2.67. The molecule has 4 nitrogen and oxygen atoms in total. The van der Waals surface area contributed by atoms with E-state index in [0.717, 1.165) is 4.47 Å². The van der Waals surface area contributed by atoms with Crippen LogP contribution >= 0.6 is 15.9 Å². The topological polar surface area (TPSA) is 64.3 Å². The van der Waals surface area contributed by atoms with Gasteiger partial charge in [0.15, 0.2) is 0 Å². The first kappa shape index (κ1) is 14.3. The van der Waals surface area contributed by atoms with Gasteiger partial charge in [0, 0.05) is 10.2 Å². The fraction of sp³-hybridized carbons (Fsp3) is 0.0714. The molecule has 0 saturated heterocycles. The molecule has 2 aromatic carbocycles. The normalized spacial score (nSPS) is 10.2. The summed E-state index contributed by atoms with van der Waals surface area (Å²) in [7, 11) is 1.47. The zero-order valence-corrected chi connectivity index (χ0v) is 12.2. The van der Waals surface area contributed by atoms with Crippen LogP contribution in [-0.4, -0.2) is 13.0 Å². The van der Waals surface area contributed by atoms with Crippen molar-refractivity contribution < 1.29 is 13.9 Å². The molecule has 6 heteroatoms. The second-order valence-corrected chi connectivity index (χ2v) is 4.95. The first-order valence-electron chi connectivity index (χ1n) is 5.71. The second-order valence-electron chi connectivity index (χ2n) is 4.04. The lowest BCUT2D eigenvalue weighted by molar-refractivity contribution is 0.102. The van der Waals surface area contributed by atoms with Gasteiger partial charge in [0.25, 0.3) is 5.91 Å². The van der Waals surface area contributed by atoms with Crippen LogP contribution in [0.25, 0.3) is 0 Å². The van der Waals surface area contributed by atoms with Gasteiger partial charge in [-0.3, -0.25) is 4.79 Å². The van der Waals surface area contributed by atoms with Crippen LogP contribution in [-0.2, 0) is 0 Å². The van der Waals surface area contributed by atoms with Crippen LogP contribution in [0, 0.1) is 5.82 Å². The lowest BCUT2D eigenvalue weighted by Gasteiger charge is -2.10. The van der Waals surface area contributed by atoms with Crippen LogP contribution in [0.5, 0.6) is 5.75 Å². The van der Waals surface area contributed by atoms with E-state index in [-0.39, 0.29) is 5.69 Å². The third kappa shape index (κ3) is 3.08. The Hall–Kier alpha value is -2.08. The molecule has 2 aromatic rings. The zero-order valence-electron chi connectivity index (χ0n) is 10.6. The van der Waals surface area contributed by atoms with Gasteiger partial charge in [-0.05, 0) is 36.4 Å². The minimum absolute atomic E-state index is 0.0317. The number of nitrogens with one attached hydrogen (secondary N) is 1. The Morgan fingerprint density at radius 3 is 2.70 bits per heavy atom. The predicted octanol–water partition coefficient (Wildman–Crippen LogP) is 3.43. The van der Waals surface area contributed by atoms with Gasteiger partial charge in [-0.15, -0.1) is 0 Å². The van der Waals surface area contributed by atoms with E-state index < -0.39 is 11.7 Å². The number of amides is 1. The van der Waals surface area contributed by atoms with Crippen LogP contribution < -0.4 is 15.8 Å². The van der Waals surface area contributed by atoms with Crippen molar-refractivity contribution in [2.24, 2.45) is 0 Å². The Bertz CT molecular complexity index is 662. The molecule has 0 saturated carbocycles. The molecule has 0 unspecified atom stereocenters. The highest BCUT2D eigenvalue weighted by molar-refractivity contribution is 9.10. The molecule has 1 amide bonds. The molecule has 0 fully saturated rings. The number of halogens is 2. The van der Waals surface area contributed by atoms with Crippen molar-refractivity contribution in [2.45, 2.75) is 0 Å². The van der Waals surface area contributed by atoms with Crippen LogP contribution in [0.15, 0.2) is 40.9 Å². The summed E-state index contributed by atoms with van der Waals surface area (Å²) in [6.07, 6.45) is 0. The number of carbonyl (C=O) groups excluding carboxylic acids is 1. The molecular formula is C14H12BrFN2O2. The number of carbonyl (C=O) groups is 1. The summed E-state index contributed by atoms with van der Waals surface area (Å²) >= 11 is 3.30. The number of nitrogen functional groups attached to an aromatic ring is 1. The Kier molecular flexibility index (Phi) is 4.24. The highest BCUT2D eigenvalue weighted by Gasteiger charge is 2.13. The average molecular weight is 339 g/mol. The molecule has 20 heavy (non-hydrogen) atoms. The lowest BCUT2D eigenvalue weighted by Crippen LogP contribution is -2.13. The molecule has 104 valence electrons. The largest absolute Gasteiger partial charge is 0.496 e. The Labute approximate surface area is 123 Å². The van der Waals surface area contributed by atoms with Crippen LogP contribution in [0.1, 0.15) is 10.4 Å². The first-order valence-corrected chi connectivity index (χ1v) is 6.50. The predicted molar refractivity (Wildman–Crippen MR) is 79.5 cm³/mol. The van der Waals surface area contributed by atoms with Crippen LogP contribution in [0.2, 0.25) is 0 Å². The number of nitrogens with two attached hydrogens (primary N) is 1. The van der Waals surface area contributed by atoms with Gasteiger partial charge >= 0.3 is 0 Å². The van der Waals surface area contributed by atoms with Gasteiger partial charge in [-0.25, -0.2) is 4.39 Å². The molecule has 0 aliphatic rings. The fourth-order valence-electron chi connectivity index (χ4n) is 1.66. The molecule has 0 radical (unpaired) electrons. The molecule has 0 aromatic heterocycles. The number of hydrogen-bond donors (Lipinski definition) is 2. The molecule has 2 rings (SSSR count). The highest BCUT2D eigenvalue weighted by Crippen LogP contribution is 2.25. The first-order chi connectivity index (χ1) is 9.51. The fourth-order valence-corrected chi connectivity index (χ4v) is 2.00. The SMILES string of the molecule is COc1cc(Br)ccc1C(=O)Nc1ccc(N)c(F)c1. The van der Waals surface area contributed by atoms with Crippen LogP contribution in [0.4, 0.5) is 15.8 Å². The number of ether oxygens (including phenoxy) is 1. The van der Waals surface area contributed by atoms with Crippen molar-refractivity contribution in [1.82, 2.24) is 0 Å². The van der Waals surface area contributed by atoms with Crippen molar-refractivity contribution in [1.29, 1.82) is 0 Å². The van der Waals surface area contributed by atoms with E-state index in [1.807, 2.05) is 0 Å². The summed E-state index contributed by atoms with van der Waals surface area (Å²) < 4.78 is 19.3. The van der Waals surface area contributed by atoms with E-state index in [0.29, 0.717) is 17.0 Å². The zero-order chi connectivity index (χ0) is 14.7. The van der Waals surface area contributed by atoms with E-state index in [2.05, 4.69) is 21.2 Å². The monoisotopic (exact) mass is 338 g/mol. The Balaban J connectivity index is 2.25. The van der Waals surface area contributed by atoms with Crippen molar-refractivity contribution in [2.75, 3.05) is 18.2 Å². The van der Waals surface area contributed by atoms with Gasteiger partial charge in [-0.1, -0.05) is 15.9 Å². The molecular weight excluding hydrogens is 327 g/mol. The third-order valence-corrected chi connectivity index (χ3v) is 3.16. The number of methoxy groups -OCH3 is 1. The quantitative estimate of drug-likeness (QED) is 0.842. The summed E-state index contributed by atoms with van der Waals surface area (Å²) in [5.41, 5.74) is 6.09. The van der Waals surface area contributed by atoms with Crippen molar-refractivity contribution in [3.05, 3.63) is 52.3 Å². The van der Waals surface area contributed by atoms with E-state index in [9.17, 15) is 9.18 Å². The van der Waals surface area contributed by atoms with Crippen molar-refractivity contribution in [3.63, 3.8) is 0 Å². The standard InChI is InChI=1S/C14H12BrFN2O2/c1-20-13-6-8(15)2-4-10(13)14(19)18-9-3-5-12(17)11(16)7-9/h2-7H,17H2,1H3,(H,18,19). The molecule has 0 aliphatic carbocycles. The molecule has 0 aliphatic heterocycles. The second kappa shape index (κ2) is 5.92. The molecule has 3 N–H and O–H groups in total. The summed E-state index contributed by atoms with van der Waals surface area (Å²) in [4.78, 5) is 12.1.